The van der Waals surface area contributed by atoms with Crippen LogP contribution < -0.4 is 5.73 Å². The second kappa shape index (κ2) is 14.9. The monoisotopic (exact) mass is 500 g/mol. The molecule has 0 saturated carbocycles. The molecule has 0 radical (unpaired) electrons. The molecular weight excluding hydrogens is 484 g/mol. The predicted octanol–water partition coefficient (Wildman–Crippen LogP) is 4.12. The summed E-state index contributed by atoms with van der Waals surface area (Å²) < 4.78 is 0. The summed E-state index contributed by atoms with van der Waals surface area (Å²) in [5.74, 6) is 0.0631. The number of nitrogens with two attached hydrogens (primary N) is 1. The van der Waals surface area contributed by atoms with Gasteiger partial charge >= 0.3 is 0 Å². The third kappa shape index (κ3) is 9.94. The molecule has 2 N–H and O–H groups in total. The van der Waals surface area contributed by atoms with Gasteiger partial charge in [-0.3, -0.25) is 14.8 Å². The fourth-order valence-electron chi connectivity index (χ4n) is 1.79. The molecule has 0 aromatic carbocycles. The van der Waals surface area contributed by atoms with Gasteiger partial charge in [0.05, 0.1) is 41.0 Å². The Morgan fingerprint density at radius 2 is 1.87 bits per heavy atom. The van der Waals surface area contributed by atoms with E-state index in [2.05, 4.69) is 49.2 Å². The third-order valence-corrected chi connectivity index (χ3v) is 4.60. The van der Waals surface area contributed by atoms with Crippen molar-refractivity contribution in [3.05, 3.63) is 65.0 Å². The number of thiocarbonyl (C=S) groups is 1. The minimum atomic E-state index is 0.0631. The Hall–Kier alpha value is -3.05. The normalized spacial score (nSPS) is 8.90. The first kappa shape index (κ1) is 25.0. The van der Waals surface area contributed by atoms with Crippen molar-refractivity contribution in [1.29, 1.82) is 10.5 Å². The molecule has 0 aliphatic heterocycles. The first-order valence-electron chi connectivity index (χ1n) is 8.38. The van der Waals surface area contributed by atoms with Crippen molar-refractivity contribution in [2.75, 3.05) is 5.33 Å². The summed E-state index contributed by atoms with van der Waals surface area (Å²) in [6.07, 6.45) is 7.27. The van der Waals surface area contributed by atoms with Crippen molar-refractivity contribution >= 4 is 50.3 Å². The van der Waals surface area contributed by atoms with Gasteiger partial charge in [0.25, 0.3) is 0 Å². The van der Waals surface area contributed by atoms with Crippen LogP contribution in [-0.2, 0) is 6.42 Å². The smallest absolute Gasteiger partial charge is 0.174 e. The highest BCUT2D eigenvalue weighted by Crippen LogP contribution is 2.20. The van der Waals surface area contributed by atoms with Crippen molar-refractivity contribution in [3.8, 4) is 23.4 Å². The zero-order chi connectivity index (χ0) is 22.2. The molecule has 0 atom stereocenters. The van der Waals surface area contributed by atoms with Gasteiger partial charge in [-0.05, 0) is 24.3 Å². The van der Waals surface area contributed by atoms with Crippen LogP contribution in [0, 0.1) is 22.7 Å². The van der Waals surface area contributed by atoms with E-state index >= 15 is 0 Å². The molecule has 10 heteroatoms. The molecule has 30 heavy (non-hydrogen) atoms. The van der Waals surface area contributed by atoms with E-state index in [0.29, 0.717) is 17.3 Å². The minimum Gasteiger partial charge on any atom is -0.392 e. The number of alkyl halides is 1. The summed E-state index contributed by atoms with van der Waals surface area (Å²) in [7, 11) is 0. The number of hydrogen-bond acceptors (Lipinski definition) is 8. The molecule has 3 aromatic heterocycles. The maximum absolute atomic E-state index is 10.9. The van der Waals surface area contributed by atoms with Crippen LogP contribution in [0.3, 0.4) is 0 Å². The van der Waals surface area contributed by atoms with Gasteiger partial charge in [0.2, 0.25) is 0 Å². The summed E-state index contributed by atoms with van der Waals surface area (Å²) in [6.45, 7) is 0. The average Bonchev–Trinajstić information content (AvgIpc) is 3.24. The van der Waals surface area contributed by atoms with Crippen LogP contribution in [0.2, 0.25) is 0 Å². The lowest BCUT2D eigenvalue weighted by Crippen LogP contribution is -2.04. The van der Waals surface area contributed by atoms with Crippen molar-refractivity contribution in [1.82, 2.24) is 15.0 Å². The predicted molar refractivity (Wildman–Crippen MR) is 124 cm³/mol. The van der Waals surface area contributed by atoms with Crippen molar-refractivity contribution in [2.24, 2.45) is 5.73 Å². The van der Waals surface area contributed by atoms with Crippen molar-refractivity contribution in [3.63, 3.8) is 0 Å². The largest absolute Gasteiger partial charge is 0.392 e. The molecule has 0 bridgehead atoms. The molecule has 0 amide bonds. The molecule has 152 valence electrons. The molecule has 0 aliphatic rings. The quantitative estimate of drug-likeness (QED) is 0.314. The molecule has 0 saturated heterocycles. The maximum Gasteiger partial charge on any atom is 0.174 e. The molecule has 3 heterocycles. The molecule has 3 rings (SSSR count). The van der Waals surface area contributed by atoms with E-state index in [4.69, 9.17) is 16.3 Å². The van der Waals surface area contributed by atoms with Crippen LogP contribution in [0.1, 0.15) is 21.8 Å². The Morgan fingerprint density at radius 1 is 1.17 bits per heavy atom. The number of nitriles is 2. The van der Waals surface area contributed by atoms with Gasteiger partial charge in [0.1, 0.15) is 5.01 Å². The number of nitrogens with zero attached hydrogens (tertiary/aromatic N) is 5. The zero-order valence-corrected chi connectivity index (χ0v) is 19.0. The molecule has 3 aromatic rings. The molecule has 0 fully saturated rings. The van der Waals surface area contributed by atoms with E-state index in [-0.39, 0.29) is 17.2 Å². The highest BCUT2D eigenvalue weighted by molar-refractivity contribution is 9.09. The van der Waals surface area contributed by atoms with Crippen LogP contribution in [0.4, 0.5) is 0 Å². The standard InChI is InChI=1S/C10H7N3S.C7H6BrNO.C3H4N2S/c11-4-3-10-13-9(7-14-10)8-2-1-5-12-6-8;8-4-7(10)6-2-1-3-9-5-6;4-2-1-3(5)6/h1-2,5-7H,3H2;1-3,5H,4H2;1H2,(H2,5,6). The molecule has 0 aliphatic carbocycles. The van der Waals surface area contributed by atoms with Gasteiger partial charge in [-0.15, -0.1) is 11.3 Å². The van der Waals surface area contributed by atoms with Crippen LogP contribution in [-0.4, -0.2) is 31.1 Å². The number of halogens is 1. The Balaban J connectivity index is 0.000000247. The van der Waals surface area contributed by atoms with E-state index in [0.717, 1.165) is 16.3 Å². The summed E-state index contributed by atoms with van der Waals surface area (Å²) in [4.78, 5) is 23.3. The third-order valence-electron chi connectivity index (χ3n) is 3.10. The highest BCUT2D eigenvalue weighted by Gasteiger charge is 2.03. The van der Waals surface area contributed by atoms with Crippen LogP contribution in [0.15, 0.2) is 54.4 Å². The summed E-state index contributed by atoms with van der Waals surface area (Å²) >= 11 is 8.93. The van der Waals surface area contributed by atoms with Crippen LogP contribution >= 0.6 is 39.5 Å². The Bertz CT molecular complexity index is 1010. The lowest BCUT2D eigenvalue weighted by atomic mass is 10.2. The van der Waals surface area contributed by atoms with E-state index in [9.17, 15) is 4.79 Å². The second-order valence-electron chi connectivity index (χ2n) is 5.30. The summed E-state index contributed by atoms with van der Waals surface area (Å²) in [5.41, 5.74) is 7.45. The summed E-state index contributed by atoms with van der Waals surface area (Å²) in [6, 6.07) is 11.2. The van der Waals surface area contributed by atoms with Crippen LogP contribution in [0.5, 0.6) is 0 Å². The van der Waals surface area contributed by atoms with Crippen molar-refractivity contribution < 1.29 is 4.79 Å². The maximum atomic E-state index is 10.9. The number of rotatable bonds is 5. The first-order chi connectivity index (χ1) is 14.5. The van der Waals surface area contributed by atoms with E-state index in [1.54, 1.807) is 43.0 Å². The van der Waals surface area contributed by atoms with Gasteiger partial charge in [0.15, 0.2) is 5.78 Å². The number of ketones is 1. The number of hydrogen-bond donors (Lipinski definition) is 1. The van der Waals surface area contributed by atoms with E-state index < -0.39 is 0 Å². The number of carbonyl (C=O) groups excluding carboxylic acids is 1. The molecule has 0 unspecified atom stereocenters. The molecule has 0 spiro atoms. The Kier molecular flexibility index (Phi) is 12.4. The fraction of sp³-hybridized carbons (Fsp3) is 0.150. The highest BCUT2D eigenvalue weighted by atomic mass is 79.9. The SMILES string of the molecule is N#CCC(N)=S.N#CCc1nc(-c2cccnc2)cs1.O=C(CBr)c1cccnc1. The average molecular weight is 501 g/mol. The molecule has 7 nitrogen and oxygen atoms in total. The number of carbonyl (C=O) groups is 1. The van der Waals surface area contributed by atoms with Crippen molar-refractivity contribution in [2.45, 2.75) is 12.8 Å². The van der Waals surface area contributed by atoms with Gasteiger partial charge < -0.3 is 5.73 Å². The fourth-order valence-corrected chi connectivity index (χ4v) is 2.91. The lowest BCUT2D eigenvalue weighted by Gasteiger charge is -1.92. The van der Waals surface area contributed by atoms with Gasteiger partial charge in [0, 0.05) is 41.3 Å². The van der Waals surface area contributed by atoms with Crippen LogP contribution in [0.25, 0.3) is 11.3 Å². The number of Topliss-reactive ketones (excluding diaryl/α,β-unsaturated/α-hetero) is 1. The summed E-state index contributed by atoms with van der Waals surface area (Å²) in [5, 5.41) is 19.5. The molecular formula is C20H17BrN6OS2. The Morgan fingerprint density at radius 3 is 2.33 bits per heavy atom. The number of thiazole rings is 1. The Labute approximate surface area is 192 Å². The second-order valence-corrected chi connectivity index (χ2v) is 7.33. The lowest BCUT2D eigenvalue weighted by molar-refractivity contribution is 0.102. The van der Waals surface area contributed by atoms with Gasteiger partial charge in [-0.25, -0.2) is 4.98 Å². The van der Waals surface area contributed by atoms with E-state index in [1.807, 2.05) is 17.5 Å². The minimum absolute atomic E-state index is 0.0631. The topological polar surface area (TPSA) is 129 Å². The van der Waals surface area contributed by atoms with E-state index in [1.165, 1.54) is 11.3 Å². The first-order valence-corrected chi connectivity index (χ1v) is 10.8. The zero-order valence-electron chi connectivity index (χ0n) is 15.7. The number of pyridine rings is 2. The van der Waals surface area contributed by atoms with Gasteiger partial charge in [-0.1, -0.05) is 28.1 Å². The number of aromatic nitrogens is 3. The van der Waals surface area contributed by atoms with Gasteiger partial charge in [-0.2, -0.15) is 10.5 Å².